The van der Waals surface area contributed by atoms with E-state index in [2.05, 4.69) is 43.3 Å². The van der Waals surface area contributed by atoms with E-state index in [1.165, 1.54) is 44.9 Å². The van der Waals surface area contributed by atoms with Gasteiger partial charge < -0.3 is 4.90 Å². The number of fused-ring (bicyclic) bond motifs is 1. The van der Waals surface area contributed by atoms with Gasteiger partial charge in [-0.1, -0.05) is 43.5 Å². The van der Waals surface area contributed by atoms with Gasteiger partial charge in [0.15, 0.2) is 0 Å². The molecule has 0 spiro atoms. The topological polar surface area (TPSA) is 3.24 Å². The van der Waals surface area contributed by atoms with Gasteiger partial charge in [-0.2, -0.15) is 0 Å². The first-order valence-electron chi connectivity index (χ1n) is 8.00. The van der Waals surface area contributed by atoms with Gasteiger partial charge in [-0.25, -0.2) is 0 Å². The van der Waals surface area contributed by atoms with Crippen LogP contribution in [0.4, 0.5) is 0 Å². The predicted octanol–water partition coefficient (Wildman–Crippen LogP) is 4.65. The molecule has 2 heteroatoms. The monoisotopic (exact) mass is 293 g/mol. The van der Waals surface area contributed by atoms with Crippen LogP contribution in [0.2, 0.25) is 0 Å². The maximum Gasteiger partial charge on any atom is 0.0136 e. The smallest absolute Gasteiger partial charge is 0.0136 e. The molecule has 20 heavy (non-hydrogen) atoms. The third-order valence-electron chi connectivity index (χ3n) is 5.39. The highest BCUT2D eigenvalue weighted by Crippen LogP contribution is 2.43. The third-order valence-corrected chi connectivity index (χ3v) is 5.39. The molecule has 1 saturated carbocycles. The molecule has 2 atom stereocenters. The van der Waals surface area contributed by atoms with Gasteiger partial charge in [-0.15, -0.1) is 12.4 Å². The normalized spacial score (nSPS) is 26.9. The van der Waals surface area contributed by atoms with Gasteiger partial charge in [0.1, 0.15) is 0 Å². The van der Waals surface area contributed by atoms with Gasteiger partial charge in [0.25, 0.3) is 0 Å². The predicted molar refractivity (Wildman–Crippen MR) is 88.8 cm³/mol. The van der Waals surface area contributed by atoms with Crippen LogP contribution < -0.4 is 0 Å². The maximum atomic E-state index is 2.44. The van der Waals surface area contributed by atoms with Crippen LogP contribution in [0.5, 0.6) is 0 Å². The molecule has 1 aromatic rings. The van der Waals surface area contributed by atoms with Gasteiger partial charge in [0.2, 0.25) is 0 Å². The van der Waals surface area contributed by atoms with Crippen molar-refractivity contribution < 1.29 is 0 Å². The molecular formula is C18H28ClN. The highest BCUT2D eigenvalue weighted by molar-refractivity contribution is 5.85. The van der Waals surface area contributed by atoms with Crippen molar-refractivity contribution in [3.05, 3.63) is 35.4 Å². The van der Waals surface area contributed by atoms with Crippen LogP contribution in [-0.2, 0) is 6.42 Å². The molecule has 112 valence electrons. The Bertz CT molecular complexity index is 423. The molecule has 0 saturated heterocycles. The van der Waals surface area contributed by atoms with Crippen LogP contribution >= 0.6 is 12.4 Å². The Hall–Kier alpha value is -0.530. The lowest BCUT2D eigenvalue weighted by atomic mass is 9.69. The molecule has 0 unspecified atom stereocenters. The minimum Gasteiger partial charge on any atom is -0.306 e. The maximum absolute atomic E-state index is 2.44. The van der Waals surface area contributed by atoms with Crippen molar-refractivity contribution in [1.29, 1.82) is 0 Å². The zero-order chi connectivity index (χ0) is 13.2. The minimum atomic E-state index is 0. The average Bonchev–Trinajstić information content (AvgIpc) is 2.47. The fourth-order valence-corrected chi connectivity index (χ4v) is 4.22. The lowest BCUT2D eigenvalue weighted by Crippen LogP contribution is -2.37. The summed E-state index contributed by atoms with van der Waals surface area (Å²) in [7, 11) is 4.49. The Balaban J connectivity index is 0.00000147. The molecule has 0 bridgehead atoms. The van der Waals surface area contributed by atoms with Crippen LogP contribution in [0.15, 0.2) is 24.3 Å². The SMILES string of the molecule is CN(C)[C@@H]1Cc2ccccc2[C@@H](C2CCCCC2)C1.Cl. The first-order chi connectivity index (χ1) is 9.25. The summed E-state index contributed by atoms with van der Waals surface area (Å²) in [5, 5.41) is 0. The molecule has 0 heterocycles. The second-order valence-corrected chi connectivity index (χ2v) is 6.76. The number of rotatable bonds is 2. The minimum absolute atomic E-state index is 0. The van der Waals surface area contributed by atoms with Crippen LogP contribution in [0, 0.1) is 5.92 Å². The van der Waals surface area contributed by atoms with Crippen molar-refractivity contribution in [1.82, 2.24) is 4.90 Å². The van der Waals surface area contributed by atoms with E-state index in [0.717, 1.165) is 17.9 Å². The molecule has 0 aromatic heterocycles. The second-order valence-electron chi connectivity index (χ2n) is 6.76. The van der Waals surface area contributed by atoms with Gasteiger partial charge in [0.05, 0.1) is 0 Å². The highest BCUT2D eigenvalue weighted by Gasteiger charge is 2.33. The van der Waals surface area contributed by atoms with Crippen LogP contribution in [0.3, 0.4) is 0 Å². The van der Waals surface area contributed by atoms with Crippen molar-refractivity contribution in [2.24, 2.45) is 5.92 Å². The fraction of sp³-hybridized carbons (Fsp3) is 0.667. The van der Waals surface area contributed by atoms with Crippen molar-refractivity contribution in [2.75, 3.05) is 14.1 Å². The molecule has 2 aliphatic rings. The Labute approximate surface area is 130 Å². The number of halogens is 1. The van der Waals surface area contributed by atoms with Crippen molar-refractivity contribution in [3.8, 4) is 0 Å². The van der Waals surface area contributed by atoms with E-state index in [9.17, 15) is 0 Å². The Kier molecular flexibility index (Phi) is 5.51. The molecule has 1 aromatic carbocycles. The van der Waals surface area contributed by atoms with E-state index in [0.29, 0.717) is 0 Å². The zero-order valence-corrected chi connectivity index (χ0v) is 13.7. The molecule has 0 aliphatic heterocycles. The summed E-state index contributed by atoms with van der Waals surface area (Å²) in [5.41, 5.74) is 3.29. The van der Waals surface area contributed by atoms with E-state index < -0.39 is 0 Å². The number of nitrogens with zero attached hydrogens (tertiary/aromatic N) is 1. The standard InChI is InChI=1S/C18H27N.ClH/c1-19(2)16-12-15-10-6-7-11-17(15)18(13-16)14-8-4-3-5-9-14;/h6-7,10-11,14,16,18H,3-5,8-9,12-13H2,1-2H3;1H/t16-,18-;/m1./s1. The Morgan fingerprint density at radius 1 is 1.00 bits per heavy atom. The molecular weight excluding hydrogens is 266 g/mol. The largest absolute Gasteiger partial charge is 0.306 e. The Morgan fingerprint density at radius 3 is 2.40 bits per heavy atom. The van der Waals surface area contributed by atoms with Crippen molar-refractivity contribution in [3.63, 3.8) is 0 Å². The molecule has 0 radical (unpaired) electrons. The van der Waals surface area contributed by atoms with E-state index in [1.54, 1.807) is 11.1 Å². The van der Waals surface area contributed by atoms with Gasteiger partial charge in [-0.05, 0) is 62.7 Å². The molecule has 3 rings (SSSR count). The summed E-state index contributed by atoms with van der Waals surface area (Å²) in [6.45, 7) is 0. The lowest BCUT2D eigenvalue weighted by molar-refractivity contribution is 0.203. The molecule has 2 aliphatic carbocycles. The number of hydrogen-bond donors (Lipinski definition) is 0. The van der Waals surface area contributed by atoms with E-state index in [1.807, 2.05) is 0 Å². The molecule has 1 nitrogen and oxygen atoms in total. The van der Waals surface area contributed by atoms with Crippen LogP contribution in [-0.4, -0.2) is 25.0 Å². The zero-order valence-electron chi connectivity index (χ0n) is 12.8. The van der Waals surface area contributed by atoms with Gasteiger partial charge in [0, 0.05) is 6.04 Å². The first kappa shape index (κ1) is 15.9. The summed E-state index contributed by atoms with van der Waals surface area (Å²) in [5.74, 6) is 1.76. The quantitative estimate of drug-likeness (QED) is 0.767. The average molecular weight is 294 g/mol. The van der Waals surface area contributed by atoms with Gasteiger partial charge >= 0.3 is 0 Å². The number of likely N-dealkylation sites (N-methyl/N-ethyl adjacent to an activating group) is 1. The van der Waals surface area contributed by atoms with Crippen molar-refractivity contribution >= 4 is 12.4 Å². The fourth-order valence-electron chi connectivity index (χ4n) is 4.22. The van der Waals surface area contributed by atoms with E-state index in [4.69, 9.17) is 0 Å². The number of hydrogen-bond acceptors (Lipinski definition) is 1. The van der Waals surface area contributed by atoms with E-state index >= 15 is 0 Å². The summed E-state index contributed by atoms with van der Waals surface area (Å²) in [6.07, 6.45) is 9.90. The van der Waals surface area contributed by atoms with Gasteiger partial charge in [-0.3, -0.25) is 0 Å². The summed E-state index contributed by atoms with van der Waals surface area (Å²) < 4.78 is 0. The first-order valence-corrected chi connectivity index (χ1v) is 8.00. The second kappa shape index (κ2) is 6.95. The van der Waals surface area contributed by atoms with Crippen LogP contribution in [0.25, 0.3) is 0 Å². The Morgan fingerprint density at radius 2 is 1.70 bits per heavy atom. The van der Waals surface area contributed by atoms with Crippen molar-refractivity contribution in [2.45, 2.75) is 56.9 Å². The third kappa shape index (κ3) is 3.20. The van der Waals surface area contributed by atoms with E-state index in [-0.39, 0.29) is 12.4 Å². The summed E-state index contributed by atoms with van der Waals surface area (Å²) in [4.78, 5) is 2.44. The molecule has 0 N–H and O–H groups in total. The molecule has 1 fully saturated rings. The molecule has 0 amide bonds. The number of benzene rings is 1. The lowest BCUT2D eigenvalue weighted by Gasteiger charge is -2.40. The summed E-state index contributed by atoms with van der Waals surface area (Å²) >= 11 is 0. The summed E-state index contributed by atoms with van der Waals surface area (Å²) in [6, 6.07) is 9.96. The highest BCUT2D eigenvalue weighted by atomic mass is 35.5. The van der Waals surface area contributed by atoms with Crippen LogP contribution in [0.1, 0.15) is 55.6 Å².